The van der Waals surface area contributed by atoms with Gasteiger partial charge >= 0.3 is 0 Å². The van der Waals surface area contributed by atoms with Gasteiger partial charge in [-0.1, -0.05) is 61.9 Å². The predicted octanol–water partition coefficient (Wildman–Crippen LogP) is 5.24. The summed E-state index contributed by atoms with van der Waals surface area (Å²) in [5.74, 6) is -0.847. The number of aliphatic imine (C=N–C) groups is 1. The number of amides is 1. The Morgan fingerprint density at radius 1 is 1.00 bits per heavy atom. The van der Waals surface area contributed by atoms with Gasteiger partial charge < -0.3 is 15.8 Å². The number of rotatable bonds is 10. The lowest BCUT2D eigenvalue weighted by Crippen LogP contribution is -2.56. The summed E-state index contributed by atoms with van der Waals surface area (Å²) in [5.41, 5.74) is 7.70. The van der Waals surface area contributed by atoms with Crippen LogP contribution in [0.3, 0.4) is 0 Å². The Morgan fingerprint density at radius 2 is 1.63 bits per heavy atom. The molecule has 0 saturated heterocycles. The first-order valence-corrected chi connectivity index (χ1v) is 14.0. The van der Waals surface area contributed by atoms with Crippen molar-refractivity contribution in [3.63, 3.8) is 0 Å². The summed E-state index contributed by atoms with van der Waals surface area (Å²) in [6.07, 6.45) is 1.16. The van der Waals surface area contributed by atoms with E-state index in [0.29, 0.717) is 35.5 Å². The Morgan fingerprint density at radius 3 is 2.26 bits per heavy atom. The van der Waals surface area contributed by atoms with Crippen molar-refractivity contribution in [2.75, 3.05) is 10.1 Å². The molecule has 38 heavy (non-hydrogen) atoms. The number of aromatic hydroxyl groups is 1. The zero-order chi connectivity index (χ0) is 27.5. The number of hydrogen-bond donors (Lipinski definition) is 3. The molecular weight excluding hydrogens is 500 g/mol. The summed E-state index contributed by atoms with van der Waals surface area (Å²) >= 11 is 0. The summed E-state index contributed by atoms with van der Waals surface area (Å²) in [4.78, 5) is 20.1. The Kier molecular flexibility index (Phi) is 7.59. The molecule has 9 heteroatoms. The van der Waals surface area contributed by atoms with Crippen LogP contribution < -0.4 is 10.0 Å². The second-order valence-electron chi connectivity index (χ2n) is 9.59. The highest BCUT2D eigenvalue weighted by Gasteiger charge is 2.40. The molecule has 0 saturated carbocycles. The molecule has 0 spiro atoms. The van der Waals surface area contributed by atoms with E-state index in [1.807, 2.05) is 61.5 Å². The number of nitrogens with zero attached hydrogens (tertiary/aromatic N) is 2. The molecule has 8 nitrogen and oxygen atoms in total. The van der Waals surface area contributed by atoms with Gasteiger partial charge in [0.05, 0.1) is 28.4 Å². The number of benzene rings is 3. The first-order chi connectivity index (χ1) is 18.1. The summed E-state index contributed by atoms with van der Waals surface area (Å²) in [6, 6.07) is 23.7. The number of anilines is 1. The molecule has 1 aromatic heterocycles. The van der Waals surface area contributed by atoms with E-state index in [0.717, 1.165) is 20.8 Å². The van der Waals surface area contributed by atoms with Gasteiger partial charge in [0.15, 0.2) is 5.88 Å². The van der Waals surface area contributed by atoms with Gasteiger partial charge in [0.2, 0.25) is 15.9 Å². The molecule has 0 aliphatic heterocycles. The zero-order valence-corrected chi connectivity index (χ0v) is 22.5. The number of fused-ring (bicyclic) bond motifs is 1. The molecule has 0 bridgehead atoms. The zero-order valence-electron chi connectivity index (χ0n) is 21.7. The topological polar surface area (TPSA) is 129 Å². The van der Waals surface area contributed by atoms with Gasteiger partial charge in [-0.15, -0.1) is 0 Å². The fourth-order valence-corrected chi connectivity index (χ4v) is 6.43. The molecule has 3 aromatic carbocycles. The van der Waals surface area contributed by atoms with Crippen molar-refractivity contribution in [3.8, 4) is 5.88 Å². The summed E-state index contributed by atoms with van der Waals surface area (Å²) < 4.78 is 27.6. The van der Waals surface area contributed by atoms with Gasteiger partial charge in [-0.3, -0.25) is 9.10 Å². The average molecular weight is 533 g/mol. The lowest BCUT2D eigenvalue weighted by atomic mass is 10.0. The monoisotopic (exact) mass is 532 g/mol. The van der Waals surface area contributed by atoms with Crippen LogP contribution in [0.1, 0.15) is 44.7 Å². The van der Waals surface area contributed by atoms with Crippen LogP contribution in [0.5, 0.6) is 5.88 Å². The molecule has 1 amide bonds. The number of hydrogen-bond acceptors (Lipinski definition) is 5. The van der Waals surface area contributed by atoms with Crippen molar-refractivity contribution in [2.45, 2.75) is 39.2 Å². The lowest BCUT2D eigenvalue weighted by Gasteiger charge is -2.36. The Labute approximate surface area is 222 Å². The number of aromatic amines is 1. The van der Waals surface area contributed by atoms with Crippen LogP contribution in [0, 0.1) is 0 Å². The van der Waals surface area contributed by atoms with Crippen molar-refractivity contribution in [2.24, 2.45) is 10.7 Å². The van der Waals surface area contributed by atoms with E-state index in [-0.39, 0.29) is 11.6 Å². The number of primary amides is 1. The molecule has 0 aliphatic rings. The van der Waals surface area contributed by atoms with E-state index in [2.05, 4.69) is 4.98 Å². The number of H-pyrrole nitrogens is 1. The van der Waals surface area contributed by atoms with Crippen molar-refractivity contribution in [3.05, 3.63) is 90.0 Å². The largest absolute Gasteiger partial charge is 0.494 e. The van der Waals surface area contributed by atoms with Gasteiger partial charge in [-0.25, -0.2) is 13.4 Å². The third-order valence-electron chi connectivity index (χ3n) is 6.44. The number of para-hydroxylation sites is 1. The highest BCUT2D eigenvalue weighted by Crippen LogP contribution is 2.33. The van der Waals surface area contributed by atoms with Crippen molar-refractivity contribution >= 4 is 43.9 Å². The van der Waals surface area contributed by atoms with Gasteiger partial charge in [-0.2, -0.15) is 0 Å². The number of aromatic nitrogens is 1. The van der Waals surface area contributed by atoms with Gasteiger partial charge in [0.25, 0.3) is 0 Å². The number of unbranched alkanes of at least 4 members (excludes halogenated alkanes) is 1. The predicted molar refractivity (Wildman–Crippen MR) is 153 cm³/mol. The van der Waals surface area contributed by atoms with Gasteiger partial charge in [0, 0.05) is 16.5 Å². The molecule has 0 fully saturated rings. The second-order valence-corrected chi connectivity index (χ2v) is 11.5. The van der Waals surface area contributed by atoms with Crippen LogP contribution in [0.4, 0.5) is 11.4 Å². The van der Waals surface area contributed by atoms with Crippen LogP contribution in [0.15, 0.2) is 83.9 Å². The standard InChI is InChI=1S/C29H32N4O4S/c1-4-5-19-38(36,37)33(29(2,3)28(30)35)22-17-15-21(16-18-22)31-26(20-11-7-6-8-12-20)25-23-13-9-10-14-24(23)32-27(25)34/h6-18,32,34H,4-5,19H2,1-3H3,(H2,30,35). The maximum atomic E-state index is 13.3. The lowest BCUT2D eigenvalue weighted by molar-refractivity contribution is -0.121. The summed E-state index contributed by atoms with van der Waals surface area (Å²) in [7, 11) is -3.83. The van der Waals surface area contributed by atoms with E-state index in [1.165, 1.54) is 13.8 Å². The Hall–Kier alpha value is -4.11. The molecule has 0 radical (unpaired) electrons. The first kappa shape index (κ1) is 26.9. The molecule has 4 N–H and O–H groups in total. The van der Waals surface area contributed by atoms with Crippen LogP contribution >= 0.6 is 0 Å². The number of carbonyl (C=O) groups excluding carboxylic acids is 1. The SMILES string of the molecule is CCCCS(=O)(=O)N(c1ccc(N=C(c2ccccc2)c2c(O)[nH]c3ccccc23)cc1)C(C)(C)C(N)=O. The molecule has 4 rings (SSSR count). The number of sulfonamides is 1. The van der Waals surface area contributed by atoms with E-state index < -0.39 is 21.5 Å². The molecule has 4 aromatic rings. The Bertz CT molecular complexity index is 1570. The molecule has 0 unspecified atom stereocenters. The third-order valence-corrected chi connectivity index (χ3v) is 8.47. The molecule has 0 atom stereocenters. The Balaban J connectivity index is 1.83. The quantitative estimate of drug-likeness (QED) is 0.241. The van der Waals surface area contributed by atoms with Gasteiger partial charge in [0.1, 0.15) is 5.54 Å². The first-order valence-electron chi connectivity index (χ1n) is 12.4. The minimum absolute atomic E-state index is 0.00169. The van der Waals surface area contributed by atoms with Gasteiger partial charge in [-0.05, 0) is 50.6 Å². The maximum Gasteiger partial charge on any atom is 0.243 e. The van der Waals surface area contributed by atoms with Crippen molar-refractivity contribution < 1.29 is 18.3 Å². The van der Waals surface area contributed by atoms with Crippen LogP contribution in [0.2, 0.25) is 0 Å². The highest BCUT2D eigenvalue weighted by atomic mass is 32.2. The fourth-order valence-electron chi connectivity index (χ4n) is 4.37. The number of nitrogens with one attached hydrogen (secondary N) is 1. The van der Waals surface area contributed by atoms with E-state index >= 15 is 0 Å². The molecular formula is C29H32N4O4S. The smallest absolute Gasteiger partial charge is 0.243 e. The normalized spacial score (nSPS) is 12.6. The van der Waals surface area contributed by atoms with Crippen LogP contribution in [-0.2, 0) is 14.8 Å². The van der Waals surface area contributed by atoms with E-state index in [9.17, 15) is 18.3 Å². The molecule has 198 valence electrons. The van der Waals surface area contributed by atoms with Crippen LogP contribution in [-0.4, -0.2) is 41.4 Å². The van der Waals surface area contributed by atoms with Crippen molar-refractivity contribution in [1.82, 2.24) is 4.98 Å². The molecule has 0 aliphatic carbocycles. The minimum Gasteiger partial charge on any atom is -0.494 e. The fraction of sp³-hybridized carbons (Fsp3) is 0.241. The number of nitrogens with two attached hydrogens (primary N) is 1. The minimum atomic E-state index is -3.83. The third kappa shape index (κ3) is 5.28. The number of carbonyl (C=O) groups is 1. The van der Waals surface area contributed by atoms with E-state index in [1.54, 1.807) is 24.3 Å². The van der Waals surface area contributed by atoms with E-state index in [4.69, 9.17) is 10.7 Å². The summed E-state index contributed by atoms with van der Waals surface area (Å²) in [5, 5.41) is 11.6. The average Bonchev–Trinajstić information content (AvgIpc) is 3.22. The van der Waals surface area contributed by atoms with Crippen molar-refractivity contribution in [1.29, 1.82) is 0 Å². The maximum absolute atomic E-state index is 13.3. The highest BCUT2D eigenvalue weighted by molar-refractivity contribution is 7.92. The van der Waals surface area contributed by atoms with Crippen LogP contribution in [0.25, 0.3) is 10.9 Å². The summed E-state index contributed by atoms with van der Waals surface area (Å²) in [6.45, 7) is 4.90. The second kappa shape index (κ2) is 10.7. The molecule has 1 heterocycles.